The van der Waals surface area contributed by atoms with Crippen molar-refractivity contribution in [3.8, 4) is 5.75 Å². The zero-order valence-corrected chi connectivity index (χ0v) is 10.1. The van der Waals surface area contributed by atoms with Crippen LogP contribution in [0, 0.1) is 0 Å². The van der Waals surface area contributed by atoms with Gasteiger partial charge in [0.1, 0.15) is 11.4 Å². The second kappa shape index (κ2) is 3.69. The molecule has 0 aliphatic carbocycles. The summed E-state index contributed by atoms with van der Waals surface area (Å²) in [4.78, 5) is 0. The first kappa shape index (κ1) is 10.8. The molecule has 2 rings (SSSR count). The van der Waals surface area contributed by atoms with Crippen molar-refractivity contribution in [3.63, 3.8) is 0 Å². The Hall–Kier alpha value is -0.730. The summed E-state index contributed by atoms with van der Waals surface area (Å²) in [6.07, 6.45) is 0.955. The summed E-state index contributed by atoms with van der Waals surface area (Å²) in [7, 11) is 1.97. The Morgan fingerprint density at radius 2 is 2.20 bits per heavy atom. The number of hydrogen-bond acceptors (Lipinski definition) is 2. The van der Waals surface area contributed by atoms with Gasteiger partial charge in [-0.1, -0.05) is 23.7 Å². The number of nitrogens with one attached hydrogen (secondary N) is 1. The van der Waals surface area contributed by atoms with Crippen molar-refractivity contribution in [1.29, 1.82) is 0 Å². The second-order valence-corrected chi connectivity index (χ2v) is 4.97. The van der Waals surface area contributed by atoms with Crippen LogP contribution in [0.3, 0.4) is 0 Å². The maximum absolute atomic E-state index is 6.14. The lowest BCUT2D eigenvalue weighted by Crippen LogP contribution is -2.38. The van der Waals surface area contributed by atoms with E-state index in [0.717, 1.165) is 17.7 Å². The van der Waals surface area contributed by atoms with Crippen molar-refractivity contribution in [1.82, 2.24) is 5.32 Å². The smallest absolute Gasteiger partial charge is 0.143 e. The predicted molar refractivity (Wildman–Crippen MR) is 62.6 cm³/mol. The van der Waals surface area contributed by atoms with Crippen molar-refractivity contribution >= 4 is 11.6 Å². The van der Waals surface area contributed by atoms with E-state index in [9.17, 15) is 0 Å². The van der Waals surface area contributed by atoms with Gasteiger partial charge in [0, 0.05) is 18.0 Å². The van der Waals surface area contributed by atoms with Gasteiger partial charge in [-0.05, 0) is 27.0 Å². The molecule has 1 atom stereocenters. The van der Waals surface area contributed by atoms with Crippen molar-refractivity contribution < 1.29 is 4.74 Å². The molecule has 1 N–H and O–H groups in total. The number of fused-ring (bicyclic) bond motifs is 1. The monoisotopic (exact) mass is 225 g/mol. The van der Waals surface area contributed by atoms with Crippen LogP contribution < -0.4 is 10.1 Å². The highest BCUT2D eigenvalue weighted by Crippen LogP contribution is 2.42. The van der Waals surface area contributed by atoms with Crippen LogP contribution in [0.5, 0.6) is 5.75 Å². The molecule has 82 valence electrons. The summed E-state index contributed by atoms with van der Waals surface area (Å²) in [5, 5.41) is 4.00. The van der Waals surface area contributed by atoms with Gasteiger partial charge in [-0.3, -0.25) is 0 Å². The minimum absolute atomic E-state index is 0.161. The van der Waals surface area contributed by atoms with Crippen LogP contribution in [0.1, 0.15) is 31.9 Å². The zero-order valence-electron chi connectivity index (χ0n) is 9.30. The van der Waals surface area contributed by atoms with Gasteiger partial charge in [0.05, 0.1) is 5.02 Å². The number of hydrogen-bond donors (Lipinski definition) is 1. The first-order valence-corrected chi connectivity index (χ1v) is 5.56. The highest BCUT2D eigenvalue weighted by atomic mass is 35.5. The molecule has 1 heterocycles. The molecule has 0 spiro atoms. The van der Waals surface area contributed by atoms with Crippen LogP contribution in [-0.2, 0) is 0 Å². The molecule has 3 heteroatoms. The second-order valence-electron chi connectivity index (χ2n) is 4.57. The summed E-state index contributed by atoms with van der Waals surface area (Å²) < 4.78 is 5.91. The number of benzene rings is 1. The van der Waals surface area contributed by atoms with Gasteiger partial charge < -0.3 is 10.1 Å². The first-order valence-electron chi connectivity index (χ1n) is 5.18. The van der Waals surface area contributed by atoms with Crippen molar-refractivity contribution in [2.75, 3.05) is 7.05 Å². The molecular weight excluding hydrogens is 210 g/mol. The van der Waals surface area contributed by atoms with Crippen molar-refractivity contribution in [3.05, 3.63) is 28.8 Å². The highest BCUT2D eigenvalue weighted by Gasteiger charge is 2.33. The van der Waals surface area contributed by atoms with E-state index < -0.39 is 0 Å². The Bertz CT molecular complexity index is 376. The van der Waals surface area contributed by atoms with Gasteiger partial charge in [0.15, 0.2) is 0 Å². The van der Waals surface area contributed by atoms with E-state index in [1.54, 1.807) is 0 Å². The predicted octanol–water partition coefficient (Wildman–Crippen LogP) is 3.16. The largest absolute Gasteiger partial charge is 0.486 e. The van der Waals surface area contributed by atoms with Crippen LogP contribution in [0.4, 0.5) is 0 Å². The molecule has 0 bridgehead atoms. The molecule has 0 amide bonds. The third-order valence-electron chi connectivity index (χ3n) is 2.80. The molecule has 1 aromatic rings. The fraction of sp³-hybridized carbons (Fsp3) is 0.500. The van der Waals surface area contributed by atoms with E-state index in [1.165, 1.54) is 0 Å². The highest BCUT2D eigenvalue weighted by molar-refractivity contribution is 6.32. The molecule has 0 radical (unpaired) electrons. The molecular formula is C12H16ClNO. The molecule has 1 aromatic carbocycles. The van der Waals surface area contributed by atoms with Crippen LogP contribution in [0.2, 0.25) is 5.02 Å². The fourth-order valence-corrected chi connectivity index (χ4v) is 2.31. The number of ether oxygens (including phenoxy) is 1. The number of halogens is 1. The van der Waals surface area contributed by atoms with Gasteiger partial charge in [0.25, 0.3) is 0 Å². The molecule has 2 nitrogen and oxygen atoms in total. The Labute approximate surface area is 95.6 Å². The van der Waals surface area contributed by atoms with Gasteiger partial charge in [-0.15, -0.1) is 0 Å². The van der Waals surface area contributed by atoms with Gasteiger partial charge in [0.2, 0.25) is 0 Å². The molecule has 0 saturated heterocycles. The van der Waals surface area contributed by atoms with Crippen LogP contribution >= 0.6 is 11.6 Å². The topological polar surface area (TPSA) is 21.3 Å². The van der Waals surface area contributed by atoms with Crippen molar-refractivity contribution in [2.45, 2.75) is 31.9 Å². The van der Waals surface area contributed by atoms with E-state index in [4.69, 9.17) is 16.3 Å². The van der Waals surface area contributed by atoms with Gasteiger partial charge >= 0.3 is 0 Å². The van der Waals surface area contributed by atoms with E-state index in [-0.39, 0.29) is 5.60 Å². The van der Waals surface area contributed by atoms with Crippen LogP contribution in [-0.4, -0.2) is 12.6 Å². The molecule has 1 aliphatic heterocycles. The van der Waals surface area contributed by atoms with Crippen molar-refractivity contribution in [2.24, 2.45) is 0 Å². The third kappa shape index (κ3) is 1.97. The van der Waals surface area contributed by atoms with E-state index >= 15 is 0 Å². The Balaban J connectivity index is 2.49. The lowest BCUT2D eigenvalue weighted by Gasteiger charge is -2.37. The standard InChI is InChI=1S/C12H16ClNO/c1-12(2)7-10(14-3)8-5-4-6-9(13)11(8)15-12/h4-6,10,14H,7H2,1-3H3. The maximum atomic E-state index is 6.14. The molecule has 1 unspecified atom stereocenters. The minimum Gasteiger partial charge on any atom is -0.486 e. The van der Waals surface area contributed by atoms with E-state index in [1.807, 2.05) is 19.2 Å². The quantitative estimate of drug-likeness (QED) is 0.793. The first-order chi connectivity index (χ1) is 7.03. The summed E-state index contributed by atoms with van der Waals surface area (Å²) in [5.41, 5.74) is 0.996. The molecule has 0 aromatic heterocycles. The average molecular weight is 226 g/mol. The van der Waals surface area contributed by atoms with Crippen LogP contribution in [0.15, 0.2) is 18.2 Å². The third-order valence-corrected chi connectivity index (χ3v) is 3.09. The van der Waals surface area contributed by atoms with E-state index in [0.29, 0.717) is 11.1 Å². The lowest BCUT2D eigenvalue weighted by atomic mass is 9.90. The van der Waals surface area contributed by atoms with E-state index in [2.05, 4.69) is 25.2 Å². The lowest BCUT2D eigenvalue weighted by molar-refractivity contribution is 0.0676. The van der Waals surface area contributed by atoms with Gasteiger partial charge in [-0.25, -0.2) is 0 Å². The number of para-hydroxylation sites is 1. The normalized spacial score (nSPS) is 23.1. The fourth-order valence-electron chi connectivity index (χ4n) is 2.08. The summed E-state index contributed by atoms with van der Waals surface area (Å²) >= 11 is 6.14. The SMILES string of the molecule is CNC1CC(C)(C)Oc2c(Cl)cccc21. The summed E-state index contributed by atoms with van der Waals surface area (Å²) in [5.74, 6) is 0.828. The number of rotatable bonds is 1. The molecule has 0 fully saturated rings. The Kier molecular flexibility index (Phi) is 2.65. The molecule has 0 saturated carbocycles. The maximum Gasteiger partial charge on any atom is 0.143 e. The summed E-state index contributed by atoms with van der Waals surface area (Å²) in [6.45, 7) is 4.17. The summed E-state index contributed by atoms with van der Waals surface area (Å²) in [6, 6.07) is 6.22. The Morgan fingerprint density at radius 1 is 1.47 bits per heavy atom. The minimum atomic E-state index is -0.161. The average Bonchev–Trinajstić information content (AvgIpc) is 2.17. The molecule has 15 heavy (non-hydrogen) atoms. The Morgan fingerprint density at radius 3 is 2.87 bits per heavy atom. The van der Waals surface area contributed by atoms with Gasteiger partial charge in [-0.2, -0.15) is 0 Å². The zero-order chi connectivity index (χ0) is 11.1. The molecule has 1 aliphatic rings. The van der Waals surface area contributed by atoms with Crippen LogP contribution in [0.25, 0.3) is 0 Å².